The number of hydrogen-bond acceptors (Lipinski definition) is 3. The lowest BCUT2D eigenvalue weighted by molar-refractivity contribution is -0.137. The molecule has 0 amide bonds. The van der Waals surface area contributed by atoms with Crippen LogP contribution in [0.3, 0.4) is 0 Å². The maximum Gasteiger partial charge on any atom is 0.417 e. The lowest BCUT2D eigenvalue weighted by atomic mass is 10.1. The number of hydrogen-bond donors (Lipinski definition) is 0. The van der Waals surface area contributed by atoms with Gasteiger partial charge in [-0.2, -0.15) is 23.5 Å². The average Bonchev–Trinajstić information content (AvgIpc) is 2.94. The summed E-state index contributed by atoms with van der Waals surface area (Å²) in [6, 6.07) is 9.77. The van der Waals surface area contributed by atoms with Gasteiger partial charge in [0.2, 0.25) is 0 Å². The highest BCUT2D eigenvalue weighted by atomic mass is 35.5. The van der Waals surface area contributed by atoms with E-state index in [1.165, 1.54) is 22.9 Å². The van der Waals surface area contributed by atoms with Gasteiger partial charge in [-0.1, -0.05) is 23.7 Å². The maximum absolute atomic E-state index is 13.1. The summed E-state index contributed by atoms with van der Waals surface area (Å²) in [7, 11) is 0. The molecule has 0 saturated carbocycles. The maximum atomic E-state index is 13.1. The molecule has 0 aliphatic rings. The van der Waals surface area contributed by atoms with E-state index in [2.05, 4.69) is 10.1 Å². The summed E-state index contributed by atoms with van der Waals surface area (Å²) >= 11 is 6.39. The fourth-order valence-electron chi connectivity index (χ4n) is 2.63. The predicted octanol–water partition coefficient (Wildman–Crippen LogP) is 5.51. The van der Waals surface area contributed by atoms with Crippen molar-refractivity contribution in [2.24, 2.45) is 0 Å². The summed E-state index contributed by atoms with van der Waals surface area (Å²) in [6.07, 6.45) is -2.40. The molecular weight excluding hydrogens is 408 g/mol. The average molecular weight is 421 g/mol. The summed E-state index contributed by atoms with van der Waals surface area (Å²) in [6.45, 7) is 1.97. The van der Waals surface area contributed by atoms with Gasteiger partial charge in [0.1, 0.15) is 17.0 Å². The third-order valence-electron chi connectivity index (χ3n) is 4.13. The molecule has 0 N–H and O–H groups in total. The van der Waals surface area contributed by atoms with Crippen molar-refractivity contribution in [2.75, 3.05) is 0 Å². The number of pyridine rings is 1. The summed E-state index contributed by atoms with van der Waals surface area (Å²) in [5.41, 5.74) is 0.979. The Bertz CT molecular complexity index is 1090. The standard InChI is InChI=1S/C20H13ClF4N4/c1-12-17(19(21)29(28-12)11-13-2-5-16(22)6-3-13)8-14(9-26)18-7-4-15(10-27-18)20(23,24)25/h2-8,10H,11H2,1H3/b14-8+. The van der Waals surface area contributed by atoms with Gasteiger partial charge in [-0.05, 0) is 42.8 Å². The van der Waals surface area contributed by atoms with Crippen LogP contribution in [0.15, 0.2) is 42.6 Å². The van der Waals surface area contributed by atoms with Crippen LogP contribution in [0.25, 0.3) is 11.6 Å². The first-order chi connectivity index (χ1) is 13.7. The molecule has 148 valence electrons. The summed E-state index contributed by atoms with van der Waals surface area (Å²) in [4.78, 5) is 3.74. The Hall–Kier alpha value is -3.18. The van der Waals surface area contributed by atoms with Gasteiger partial charge in [-0.15, -0.1) is 0 Å². The third kappa shape index (κ3) is 4.63. The molecule has 0 aliphatic carbocycles. The molecule has 3 aromatic rings. The zero-order valence-electron chi connectivity index (χ0n) is 15.0. The largest absolute Gasteiger partial charge is 0.417 e. The van der Waals surface area contributed by atoms with Crippen LogP contribution in [-0.2, 0) is 12.7 Å². The number of rotatable bonds is 4. The molecule has 3 rings (SSSR count). The monoisotopic (exact) mass is 420 g/mol. The molecule has 29 heavy (non-hydrogen) atoms. The van der Waals surface area contributed by atoms with E-state index in [9.17, 15) is 22.8 Å². The Morgan fingerprint density at radius 3 is 2.45 bits per heavy atom. The van der Waals surface area contributed by atoms with E-state index in [0.29, 0.717) is 17.5 Å². The molecule has 4 nitrogen and oxygen atoms in total. The van der Waals surface area contributed by atoms with Crippen LogP contribution in [0.2, 0.25) is 5.15 Å². The number of aromatic nitrogens is 3. The number of alkyl halides is 3. The van der Waals surface area contributed by atoms with Gasteiger partial charge in [0, 0.05) is 11.8 Å². The van der Waals surface area contributed by atoms with Crippen LogP contribution in [0.1, 0.15) is 28.1 Å². The van der Waals surface area contributed by atoms with E-state index in [4.69, 9.17) is 11.6 Å². The fourth-order valence-corrected chi connectivity index (χ4v) is 2.92. The van der Waals surface area contributed by atoms with Gasteiger partial charge in [-0.25, -0.2) is 9.07 Å². The van der Waals surface area contributed by atoms with Crippen molar-refractivity contribution < 1.29 is 17.6 Å². The van der Waals surface area contributed by atoms with Gasteiger partial charge in [-0.3, -0.25) is 4.98 Å². The number of halogens is 5. The number of aryl methyl sites for hydroxylation is 1. The molecular formula is C20H13ClF4N4. The Kier molecular flexibility index (Phi) is 5.71. The van der Waals surface area contributed by atoms with Crippen molar-refractivity contribution in [2.45, 2.75) is 19.6 Å². The van der Waals surface area contributed by atoms with Crippen LogP contribution in [0.5, 0.6) is 0 Å². The second-order valence-corrected chi connectivity index (χ2v) is 6.53. The SMILES string of the molecule is Cc1nn(Cc2ccc(F)cc2)c(Cl)c1/C=C(\C#N)c1ccc(C(F)(F)F)cn1. The lowest BCUT2D eigenvalue weighted by Gasteiger charge is -2.06. The van der Waals surface area contributed by atoms with Crippen molar-refractivity contribution in [3.05, 3.63) is 81.6 Å². The quantitative estimate of drug-likeness (QED) is 0.413. The third-order valence-corrected chi connectivity index (χ3v) is 4.53. The Balaban J connectivity index is 1.93. The fraction of sp³-hybridized carbons (Fsp3) is 0.150. The van der Waals surface area contributed by atoms with Crippen LogP contribution in [0.4, 0.5) is 17.6 Å². The Morgan fingerprint density at radius 1 is 1.21 bits per heavy atom. The predicted molar refractivity (Wildman–Crippen MR) is 100 cm³/mol. The molecule has 0 radical (unpaired) electrons. The van der Waals surface area contributed by atoms with Crippen molar-refractivity contribution >= 4 is 23.3 Å². The summed E-state index contributed by atoms with van der Waals surface area (Å²) in [5, 5.41) is 14.0. The molecule has 9 heteroatoms. The van der Waals surface area contributed by atoms with E-state index < -0.39 is 11.7 Å². The van der Waals surface area contributed by atoms with Gasteiger partial charge in [0.25, 0.3) is 0 Å². The molecule has 0 fully saturated rings. The minimum Gasteiger partial charge on any atom is -0.255 e. The van der Waals surface area contributed by atoms with Crippen molar-refractivity contribution in [1.29, 1.82) is 5.26 Å². The van der Waals surface area contributed by atoms with Crippen LogP contribution >= 0.6 is 11.6 Å². The minimum atomic E-state index is -4.51. The van der Waals surface area contributed by atoms with Gasteiger partial charge < -0.3 is 0 Å². The molecule has 0 aliphatic heterocycles. The topological polar surface area (TPSA) is 54.5 Å². The smallest absolute Gasteiger partial charge is 0.255 e. The second-order valence-electron chi connectivity index (χ2n) is 6.17. The first kappa shape index (κ1) is 20.6. The molecule has 0 bridgehead atoms. The van der Waals surface area contributed by atoms with Gasteiger partial charge in [0.05, 0.1) is 29.1 Å². The highest BCUT2D eigenvalue weighted by Crippen LogP contribution is 2.30. The second kappa shape index (κ2) is 8.05. The molecule has 0 atom stereocenters. The Morgan fingerprint density at radius 2 is 1.90 bits per heavy atom. The van der Waals surface area contributed by atoms with E-state index in [-0.39, 0.29) is 28.8 Å². The van der Waals surface area contributed by atoms with Gasteiger partial charge in [0.15, 0.2) is 0 Å². The lowest BCUT2D eigenvalue weighted by Crippen LogP contribution is -2.05. The zero-order valence-corrected chi connectivity index (χ0v) is 15.8. The molecule has 0 saturated heterocycles. The highest BCUT2D eigenvalue weighted by molar-refractivity contribution is 6.31. The first-order valence-corrected chi connectivity index (χ1v) is 8.69. The molecule has 0 unspecified atom stereocenters. The molecule has 2 aromatic heterocycles. The van der Waals surface area contributed by atoms with E-state index in [0.717, 1.165) is 17.7 Å². The van der Waals surface area contributed by atoms with Crippen molar-refractivity contribution in [3.63, 3.8) is 0 Å². The van der Waals surface area contributed by atoms with E-state index in [1.807, 2.05) is 6.07 Å². The highest BCUT2D eigenvalue weighted by Gasteiger charge is 2.30. The van der Waals surface area contributed by atoms with E-state index in [1.54, 1.807) is 19.1 Å². The van der Waals surface area contributed by atoms with E-state index >= 15 is 0 Å². The normalized spacial score (nSPS) is 12.1. The van der Waals surface area contributed by atoms with Gasteiger partial charge >= 0.3 is 6.18 Å². The molecule has 1 aromatic carbocycles. The molecule has 0 spiro atoms. The van der Waals surface area contributed by atoms with Crippen molar-refractivity contribution in [3.8, 4) is 6.07 Å². The number of nitriles is 1. The zero-order chi connectivity index (χ0) is 21.2. The molecule has 2 heterocycles. The number of nitrogens with zero attached hydrogens (tertiary/aromatic N) is 4. The number of allylic oxidation sites excluding steroid dienone is 1. The Labute approximate surface area is 168 Å². The summed E-state index contributed by atoms with van der Waals surface area (Å²) < 4.78 is 52.6. The minimum absolute atomic E-state index is 0.0463. The summed E-state index contributed by atoms with van der Waals surface area (Å²) in [5.74, 6) is -0.359. The number of benzene rings is 1. The van der Waals surface area contributed by atoms with Crippen molar-refractivity contribution in [1.82, 2.24) is 14.8 Å². The first-order valence-electron chi connectivity index (χ1n) is 8.32. The van der Waals surface area contributed by atoms with Crippen LogP contribution < -0.4 is 0 Å². The van der Waals surface area contributed by atoms with Crippen LogP contribution in [-0.4, -0.2) is 14.8 Å². The van der Waals surface area contributed by atoms with Crippen LogP contribution in [0, 0.1) is 24.1 Å².